The number of benzene rings is 1. The standard InChI is InChI=1S/C6H12N.C6H5.2C2H6.Y/c1-7-5-3-2-4-6-7;1-2-4-6-5-3-1;2*1-2;/h1-6H2;1-5H;2*1-2H3;/q2*-1;;;. The third kappa shape index (κ3) is 18.6. The van der Waals surface area contributed by atoms with Crippen LogP contribution in [-0.4, -0.2) is 18.0 Å². The SMILES string of the molecule is CC.CC.[CH2-]N1CCCCC1.[Y].[c-]1ccccc1. The number of hydrogen-bond acceptors (Lipinski definition) is 1. The van der Waals surface area contributed by atoms with Crippen molar-refractivity contribution in [1.82, 2.24) is 4.90 Å². The van der Waals surface area contributed by atoms with Gasteiger partial charge in [-0.25, -0.2) is 0 Å². The molecule has 1 saturated heterocycles. The quantitative estimate of drug-likeness (QED) is 0.620. The van der Waals surface area contributed by atoms with Gasteiger partial charge in [0.05, 0.1) is 0 Å². The Hall–Kier alpha value is 0.284. The molecule has 0 unspecified atom stereocenters. The van der Waals surface area contributed by atoms with E-state index >= 15 is 0 Å². The largest absolute Gasteiger partial charge is 0.459 e. The molecule has 1 aromatic rings. The summed E-state index contributed by atoms with van der Waals surface area (Å²) in [4.78, 5) is 2.14. The second-order valence-corrected chi connectivity index (χ2v) is 3.26. The summed E-state index contributed by atoms with van der Waals surface area (Å²) in [6, 6.07) is 12.5. The first-order valence-corrected chi connectivity index (χ1v) is 6.86. The summed E-state index contributed by atoms with van der Waals surface area (Å²) in [6.45, 7) is 10.4. The molecule has 0 aromatic heterocycles. The zero-order valence-electron chi connectivity index (χ0n) is 12.7. The van der Waals surface area contributed by atoms with Gasteiger partial charge in [-0.3, -0.25) is 7.05 Å². The summed E-state index contributed by atoms with van der Waals surface area (Å²) >= 11 is 0. The molecule has 103 valence electrons. The summed E-state index contributed by atoms with van der Waals surface area (Å²) in [5.74, 6) is 0. The molecule has 0 saturated carbocycles. The van der Waals surface area contributed by atoms with Gasteiger partial charge in [-0.2, -0.15) is 36.4 Å². The van der Waals surface area contributed by atoms with Gasteiger partial charge in [0.15, 0.2) is 0 Å². The van der Waals surface area contributed by atoms with E-state index in [2.05, 4.69) is 18.0 Å². The molecular formula is C16H29NY-2. The van der Waals surface area contributed by atoms with Gasteiger partial charge in [0.1, 0.15) is 0 Å². The fraction of sp³-hybridized carbons (Fsp3) is 0.562. The Morgan fingerprint density at radius 1 is 0.833 bits per heavy atom. The Bertz CT molecular complexity index is 169. The first-order valence-electron chi connectivity index (χ1n) is 6.86. The first kappa shape index (κ1) is 23.4. The number of likely N-dealkylation sites (tertiary alicyclic amines) is 1. The molecule has 0 aliphatic carbocycles. The maximum atomic E-state index is 3.83. The van der Waals surface area contributed by atoms with Gasteiger partial charge in [0.25, 0.3) is 0 Å². The Morgan fingerprint density at radius 3 is 1.44 bits per heavy atom. The Morgan fingerprint density at radius 2 is 1.28 bits per heavy atom. The zero-order chi connectivity index (χ0) is 13.4. The fourth-order valence-corrected chi connectivity index (χ4v) is 1.30. The number of rotatable bonds is 0. The van der Waals surface area contributed by atoms with E-state index in [1.54, 1.807) is 0 Å². The van der Waals surface area contributed by atoms with Gasteiger partial charge in [0.2, 0.25) is 0 Å². The van der Waals surface area contributed by atoms with Gasteiger partial charge in [-0.15, -0.1) is 0 Å². The van der Waals surface area contributed by atoms with E-state index < -0.39 is 0 Å². The maximum absolute atomic E-state index is 3.83. The fourth-order valence-electron chi connectivity index (χ4n) is 1.30. The van der Waals surface area contributed by atoms with E-state index in [0.717, 1.165) is 0 Å². The molecule has 1 aliphatic heterocycles. The van der Waals surface area contributed by atoms with Crippen LogP contribution in [0.2, 0.25) is 0 Å². The predicted molar refractivity (Wildman–Crippen MR) is 78.8 cm³/mol. The average Bonchev–Trinajstić information content (AvgIpc) is 2.47. The van der Waals surface area contributed by atoms with Gasteiger partial charge < -0.3 is 4.90 Å². The van der Waals surface area contributed by atoms with Crippen molar-refractivity contribution in [3.8, 4) is 0 Å². The van der Waals surface area contributed by atoms with Crippen molar-refractivity contribution in [3.05, 3.63) is 43.4 Å². The molecule has 0 spiro atoms. The molecule has 2 rings (SSSR count). The average molecular weight is 324 g/mol. The van der Waals surface area contributed by atoms with Gasteiger partial charge in [-0.05, 0) is 25.9 Å². The molecule has 1 nitrogen and oxygen atoms in total. The zero-order valence-corrected chi connectivity index (χ0v) is 15.5. The van der Waals surface area contributed by atoms with E-state index in [1.165, 1.54) is 32.4 Å². The normalized spacial score (nSPS) is 13.2. The van der Waals surface area contributed by atoms with E-state index in [1.807, 2.05) is 58.0 Å². The summed E-state index contributed by atoms with van der Waals surface area (Å²) in [7, 11) is 3.83. The summed E-state index contributed by atoms with van der Waals surface area (Å²) in [5.41, 5.74) is 0. The van der Waals surface area contributed by atoms with Crippen LogP contribution in [0.15, 0.2) is 30.3 Å². The van der Waals surface area contributed by atoms with Crippen molar-refractivity contribution in [2.24, 2.45) is 0 Å². The van der Waals surface area contributed by atoms with Crippen LogP contribution in [-0.2, 0) is 32.7 Å². The molecule has 2 heteroatoms. The van der Waals surface area contributed by atoms with E-state index in [4.69, 9.17) is 0 Å². The molecule has 1 radical (unpaired) electrons. The number of hydrogen-bond donors (Lipinski definition) is 0. The molecule has 1 heterocycles. The van der Waals surface area contributed by atoms with E-state index in [-0.39, 0.29) is 32.7 Å². The van der Waals surface area contributed by atoms with Crippen LogP contribution in [0.3, 0.4) is 0 Å². The number of nitrogens with zero attached hydrogens (tertiary/aromatic N) is 1. The van der Waals surface area contributed by atoms with Crippen LogP contribution in [0.1, 0.15) is 47.0 Å². The first-order chi connectivity index (χ1) is 8.39. The maximum Gasteiger partial charge on any atom is 0 e. The van der Waals surface area contributed by atoms with Gasteiger partial charge in [0, 0.05) is 32.7 Å². The minimum absolute atomic E-state index is 0. The molecule has 18 heavy (non-hydrogen) atoms. The van der Waals surface area contributed by atoms with Crippen LogP contribution in [0.4, 0.5) is 0 Å². The molecule has 0 bridgehead atoms. The third-order valence-electron chi connectivity index (χ3n) is 2.06. The number of piperidine rings is 1. The van der Waals surface area contributed by atoms with Crippen LogP contribution in [0.25, 0.3) is 0 Å². The third-order valence-corrected chi connectivity index (χ3v) is 2.06. The molecule has 0 N–H and O–H groups in total. The molecule has 0 amide bonds. The smallest absolute Gasteiger partial charge is 0 e. The predicted octanol–water partition coefficient (Wildman–Crippen LogP) is 4.80. The summed E-state index contributed by atoms with van der Waals surface area (Å²) < 4.78 is 0. The molecule has 1 aliphatic rings. The van der Waals surface area contributed by atoms with Crippen molar-refractivity contribution in [1.29, 1.82) is 0 Å². The van der Waals surface area contributed by atoms with Crippen LogP contribution < -0.4 is 0 Å². The second kappa shape index (κ2) is 22.5. The van der Waals surface area contributed by atoms with Crippen molar-refractivity contribution in [2.75, 3.05) is 13.1 Å². The Labute approximate surface area is 140 Å². The van der Waals surface area contributed by atoms with Crippen LogP contribution in [0, 0.1) is 13.1 Å². The van der Waals surface area contributed by atoms with Crippen molar-refractivity contribution >= 4 is 0 Å². The summed E-state index contributed by atoms with van der Waals surface area (Å²) in [6.07, 6.45) is 4.11. The summed E-state index contributed by atoms with van der Waals surface area (Å²) in [5, 5.41) is 0. The van der Waals surface area contributed by atoms with Crippen molar-refractivity contribution in [3.63, 3.8) is 0 Å². The molecule has 1 fully saturated rings. The van der Waals surface area contributed by atoms with Crippen LogP contribution in [0.5, 0.6) is 0 Å². The van der Waals surface area contributed by atoms with Gasteiger partial charge >= 0.3 is 0 Å². The second-order valence-electron chi connectivity index (χ2n) is 3.26. The van der Waals surface area contributed by atoms with Crippen molar-refractivity contribution < 1.29 is 32.7 Å². The monoisotopic (exact) mass is 324 g/mol. The molecular weight excluding hydrogens is 295 g/mol. The van der Waals surface area contributed by atoms with Crippen molar-refractivity contribution in [2.45, 2.75) is 47.0 Å². The van der Waals surface area contributed by atoms with Gasteiger partial charge in [-0.1, -0.05) is 34.1 Å². The van der Waals surface area contributed by atoms with Crippen LogP contribution >= 0.6 is 0 Å². The minimum Gasteiger partial charge on any atom is -0.459 e. The Balaban J connectivity index is -0.000000189. The molecule has 0 atom stereocenters. The Kier molecular flexibility index (Phi) is 29.2. The minimum atomic E-state index is 0. The molecule has 1 aromatic carbocycles. The van der Waals surface area contributed by atoms with E-state index in [0.29, 0.717) is 0 Å². The van der Waals surface area contributed by atoms with E-state index in [9.17, 15) is 0 Å². The topological polar surface area (TPSA) is 3.24 Å².